The molecule has 2 rings (SSSR count). The number of hydrogen-bond donors (Lipinski definition) is 1. The van der Waals surface area contributed by atoms with Gasteiger partial charge in [-0.25, -0.2) is 4.79 Å². The maximum atomic E-state index is 11.6. The highest BCUT2D eigenvalue weighted by atomic mass is 79.9. The van der Waals surface area contributed by atoms with Crippen molar-refractivity contribution in [2.24, 2.45) is 0 Å². The van der Waals surface area contributed by atoms with Crippen LogP contribution in [0.5, 0.6) is 0 Å². The molecule has 2 aromatic rings. The third kappa shape index (κ3) is 2.26. The molecule has 0 aliphatic rings. The van der Waals surface area contributed by atoms with E-state index in [0.717, 1.165) is 27.7 Å². The average molecular weight is 361 g/mol. The highest BCUT2D eigenvalue weighted by Gasteiger charge is 2.11. The summed E-state index contributed by atoms with van der Waals surface area (Å²) in [5.74, 6) is 0. The van der Waals surface area contributed by atoms with Gasteiger partial charge >= 0.3 is 5.63 Å². The zero-order chi connectivity index (χ0) is 12.6. The van der Waals surface area contributed by atoms with Crippen LogP contribution in [0.25, 0.3) is 11.0 Å². The Morgan fingerprint density at radius 1 is 1.35 bits per heavy atom. The molecule has 0 unspecified atom stereocenters. The van der Waals surface area contributed by atoms with Gasteiger partial charge in [0, 0.05) is 22.5 Å². The molecule has 0 saturated heterocycles. The molecule has 0 bridgehead atoms. The number of aryl methyl sites for hydroxylation is 1. The Morgan fingerprint density at radius 3 is 2.71 bits per heavy atom. The Hall–Kier alpha value is -0.810. The van der Waals surface area contributed by atoms with Crippen LogP contribution in [0.2, 0.25) is 0 Å². The van der Waals surface area contributed by atoms with Crippen LogP contribution in [0.4, 0.5) is 5.69 Å². The van der Waals surface area contributed by atoms with Crippen molar-refractivity contribution in [1.82, 2.24) is 0 Å². The molecule has 0 saturated carbocycles. The topological polar surface area (TPSA) is 42.2 Å². The van der Waals surface area contributed by atoms with E-state index in [0.29, 0.717) is 10.1 Å². The molecule has 1 aromatic carbocycles. The van der Waals surface area contributed by atoms with Gasteiger partial charge in [-0.15, -0.1) is 0 Å². The fraction of sp³-hybridized carbons (Fsp3) is 0.250. The monoisotopic (exact) mass is 359 g/mol. The first-order chi connectivity index (χ1) is 8.04. The molecule has 90 valence electrons. The SMILES string of the molecule is CCNc1cc2oc(=O)c(Br)c(C)c2cc1Br. The van der Waals surface area contributed by atoms with Gasteiger partial charge in [0.2, 0.25) is 0 Å². The summed E-state index contributed by atoms with van der Waals surface area (Å²) in [6.45, 7) is 4.71. The summed E-state index contributed by atoms with van der Waals surface area (Å²) >= 11 is 6.73. The minimum absolute atomic E-state index is 0.347. The minimum Gasteiger partial charge on any atom is -0.422 e. The zero-order valence-corrected chi connectivity index (χ0v) is 12.6. The van der Waals surface area contributed by atoms with Gasteiger partial charge in [-0.2, -0.15) is 0 Å². The molecule has 0 aliphatic heterocycles. The van der Waals surface area contributed by atoms with Crippen molar-refractivity contribution in [3.05, 3.63) is 37.1 Å². The number of hydrogen-bond acceptors (Lipinski definition) is 3. The van der Waals surface area contributed by atoms with Crippen LogP contribution in [0.3, 0.4) is 0 Å². The lowest BCUT2D eigenvalue weighted by molar-refractivity contribution is 0.555. The van der Waals surface area contributed by atoms with Gasteiger partial charge in [-0.3, -0.25) is 0 Å². The van der Waals surface area contributed by atoms with Crippen LogP contribution in [-0.2, 0) is 0 Å². The fourth-order valence-electron chi connectivity index (χ4n) is 1.67. The number of anilines is 1. The van der Waals surface area contributed by atoms with Crippen LogP contribution in [-0.4, -0.2) is 6.54 Å². The summed E-state index contributed by atoms with van der Waals surface area (Å²) in [4.78, 5) is 11.6. The number of benzene rings is 1. The largest absolute Gasteiger partial charge is 0.422 e. The maximum absolute atomic E-state index is 11.6. The summed E-state index contributed by atoms with van der Waals surface area (Å²) in [5, 5.41) is 4.12. The number of halogens is 2. The predicted molar refractivity (Wildman–Crippen MR) is 76.8 cm³/mol. The lowest BCUT2D eigenvalue weighted by Crippen LogP contribution is -2.03. The molecule has 3 nitrogen and oxygen atoms in total. The Kier molecular flexibility index (Phi) is 3.58. The van der Waals surface area contributed by atoms with Crippen molar-refractivity contribution in [3.8, 4) is 0 Å². The summed E-state index contributed by atoms with van der Waals surface area (Å²) in [5.41, 5.74) is 2.06. The van der Waals surface area contributed by atoms with Gasteiger partial charge in [0.15, 0.2) is 0 Å². The van der Waals surface area contributed by atoms with E-state index in [1.165, 1.54) is 0 Å². The highest BCUT2D eigenvalue weighted by Crippen LogP contribution is 2.31. The van der Waals surface area contributed by atoms with Gasteiger partial charge in [0.1, 0.15) is 10.1 Å². The lowest BCUT2D eigenvalue weighted by Gasteiger charge is -2.09. The van der Waals surface area contributed by atoms with Crippen molar-refractivity contribution in [3.63, 3.8) is 0 Å². The third-order valence-corrected chi connectivity index (χ3v) is 4.13. The molecule has 17 heavy (non-hydrogen) atoms. The molecule has 1 N–H and O–H groups in total. The fourth-order valence-corrected chi connectivity index (χ4v) is 2.45. The third-order valence-electron chi connectivity index (χ3n) is 2.55. The molecular weight excluding hydrogens is 350 g/mol. The van der Waals surface area contributed by atoms with E-state index >= 15 is 0 Å². The molecule has 0 aliphatic carbocycles. The van der Waals surface area contributed by atoms with Gasteiger partial charge in [0.05, 0.1) is 5.69 Å². The van der Waals surface area contributed by atoms with E-state index < -0.39 is 0 Å². The summed E-state index contributed by atoms with van der Waals surface area (Å²) in [7, 11) is 0. The van der Waals surface area contributed by atoms with Crippen LogP contribution in [0.1, 0.15) is 12.5 Å². The Morgan fingerprint density at radius 2 is 2.06 bits per heavy atom. The van der Waals surface area contributed by atoms with Crippen molar-refractivity contribution >= 4 is 48.5 Å². The number of fused-ring (bicyclic) bond motifs is 1. The molecule has 0 atom stereocenters. The van der Waals surface area contributed by atoms with Crippen LogP contribution < -0.4 is 10.9 Å². The molecule has 0 radical (unpaired) electrons. The van der Waals surface area contributed by atoms with E-state index in [1.54, 1.807) is 0 Å². The van der Waals surface area contributed by atoms with Gasteiger partial charge < -0.3 is 9.73 Å². The van der Waals surface area contributed by atoms with Crippen LogP contribution in [0.15, 0.2) is 30.3 Å². The minimum atomic E-state index is -0.347. The normalized spacial score (nSPS) is 10.8. The van der Waals surface area contributed by atoms with Crippen LogP contribution >= 0.6 is 31.9 Å². The quantitative estimate of drug-likeness (QED) is 0.821. The van der Waals surface area contributed by atoms with Crippen LogP contribution in [0, 0.1) is 6.92 Å². The van der Waals surface area contributed by atoms with Crippen molar-refractivity contribution < 1.29 is 4.42 Å². The highest BCUT2D eigenvalue weighted by molar-refractivity contribution is 9.11. The second-order valence-corrected chi connectivity index (χ2v) is 5.33. The smallest absolute Gasteiger partial charge is 0.350 e. The average Bonchev–Trinajstić information content (AvgIpc) is 2.29. The second-order valence-electron chi connectivity index (χ2n) is 3.69. The number of rotatable bonds is 2. The molecule has 0 amide bonds. The molecule has 0 fully saturated rings. The van der Waals surface area contributed by atoms with E-state index in [-0.39, 0.29) is 5.63 Å². The predicted octanol–water partition coefficient (Wildman–Crippen LogP) is 4.06. The standard InChI is InChI=1S/C12H11Br2NO2/c1-3-15-9-5-10-7(4-8(9)13)6(2)11(14)12(16)17-10/h4-5,15H,3H2,1-2H3. The van der Waals surface area contributed by atoms with Gasteiger partial charge in [-0.05, 0) is 57.3 Å². The lowest BCUT2D eigenvalue weighted by atomic mass is 10.1. The first-order valence-electron chi connectivity index (χ1n) is 5.21. The van der Waals surface area contributed by atoms with E-state index in [4.69, 9.17) is 4.42 Å². The van der Waals surface area contributed by atoms with E-state index in [2.05, 4.69) is 37.2 Å². The summed E-state index contributed by atoms with van der Waals surface area (Å²) in [6, 6.07) is 3.79. The molecule has 5 heteroatoms. The van der Waals surface area contributed by atoms with Gasteiger partial charge in [0.25, 0.3) is 0 Å². The van der Waals surface area contributed by atoms with E-state index in [9.17, 15) is 4.79 Å². The number of nitrogens with one attached hydrogen (secondary N) is 1. The van der Waals surface area contributed by atoms with E-state index in [1.807, 2.05) is 26.0 Å². The first-order valence-corrected chi connectivity index (χ1v) is 6.79. The van der Waals surface area contributed by atoms with Crippen molar-refractivity contribution in [2.75, 3.05) is 11.9 Å². The Balaban J connectivity index is 2.79. The van der Waals surface area contributed by atoms with Gasteiger partial charge in [-0.1, -0.05) is 0 Å². The Labute approximate surface area is 115 Å². The summed E-state index contributed by atoms with van der Waals surface area (Å²) in [6.07, 6.45) is 0. The molecule has 0 spiro atoms. The van der Waals surface area contributed by atoms with Crippen molar-refractivity contribution in [1.29, 1.82) is 0 Å². The van der Waals surface area contributed by atoms with Crippen molar-refractivity contribution in [2.45, 2.75) is 13.8 Å². The Bertz CT molecular complexity index is 634. The second kappa shape index (κ2) is 4.82. The molecule has 1 aromatic heterocycles. The summed E-state index contributed by atoms with van der Waals surface area (Å²) < 4.78 is 6.69. The zero-order valence-electron chi connectivity index (χ0n) is 9.43. The maximum Gasteiger partial charge on any atom is 0.350 e. The molecular formula is C12H11Br2NO2. The molecule has 1 heterocycles. The first kappa shape index (κ1) is 12.6.